The van der Waals surface area contributed by atoms with Crippen LogP contribution in [0.2, 0.25) is 0 Å². The van der Waals surface area contributed by atoms with Gasteiger partial charge in [0.2, 0.25) is 0 Å². The first-order valence-electron chi connectivity index (χ1n) is 4.12. The number of nitro groups is 1. The molecule has 76 valence electrons. The van der Waals surface area contributed by atoms with Crippen LogP contribution in [0.5, 0.6) is 0 Å². The second-order valence-corrected chi connectivity index (χ2v) is 3.38. The minimum atomic E-state index is -0.938. The van der Waals surface area contributed by atoms with Gasteiger partial charge in [-0.15, -0.1) is 0 Å². The number of benzene rings is 1. The molecule has 14 heavy (non-hydrogen) atoms. The van der Waals surface area contributed by atoms with Gasteiger partial charge in [0.15, 0.2) is 0 Å². The maximum atomic E-state index is 10.5. The molecule has 5 nitrogen and oxygen atoms in total. The van der Waals surface area contributed by atoms with Crippen LogP contribution >= 0.6 is 0 Å². The average molecular weight is 196 g/mol. The smallest absolute Gasteiger partial charge is 0.269 e. The first kappa shape index (κ1) is 10.6. The van der Waals surface area contributed by atoms with E-state index in [9.17, 15) is 10.1 Å². The Morgan fingerprint density at radius 1 is 1.64 bits per heavy atom. The van der Waals surface area contributed by atoms with Gasteiger partial charge >= 0.3 is 0 Å². The predicted molar refractivity (Wildman–Crippen MR) is 51.7 cm³/mol. The molecular weight excluding hydrogens is 184 g/mol. The fraction of sp³-hybridized carbons (Fsp3) is 0.333. The Morgan fingerprint density at radius 2 is 2.29 bits per heavy atom. The van der Waals surface area contributed by atoms with Crippen LogP contribution in [0.1, 0.15) is 12.5 Å². The number of aliphatic hydroxyl groups is 1. The molecule has 1 rings (SSSR count). The minimum absolute atomic E-state index is 0.0207. The molecule has 0 amide bonds. The lowest BCUT2D eigenvalue weighted by Crippen LogP contribution is -2.36. The number of non-ortho nitro benzene ring substituents is 1. The van der Waals surface area contributed by atoms with Crippen molar-refractivity contribution in [3.05, 3.63) is 39.9 Å². The quantitative estimate of drug-likeness (QED) is 0.551. The van der Waals surface area contributed by atoms with Gasteiger partial charge in [0, 0.05) is 12.1 Å². The lowest BCUT2D eigenvalue weighted by atomic mass is 9.94. The Balaban J connectivity index is 3.12. The number of hydrogen-bond donors (Lipinski definition) is 2. The fourth-order valence-corrected chi connectivity index (χ4v) is 1.07. The van der Waals surface area contributed by atoms with Crippen LogP contribution in [0.25, 0.3) is 0 Å². The molecule has 5 heteroatoms. The summed E-state index contributed by atoms with van der Waals surface area (Å²) in [5.74, 6) is 0. The molecule has 0 aliphatic carbocycles. The van der Waals surface area contributed by atoms with Gasteiger partial charge in [-0.2, -0.15) is 0 Å². The Hall–Kier alpha value is -1.46. The van der Waals surface area contributed by atoms with Crippen molar-refractivity contribution in [3.8, 4) is 0 Å². The van der Waals surface area contributed by atoms with E-state index in [2.05, 4.69) is 0 Å². The molecular formula is C9H12N2O3. The second kappa shape index (κ2) is 3.73. The van der Waals surface area contributed by atoms with Gasteiger partial charge in [0.05, 0.1) is 17.1 Å². The average Bonchev–Trinajstić information content (AvgIpc) is 2.18. The summed E-state index contributed by atoms with van der Waals surface area (Å²) in [7, 11) is 0. The Kier molecular flexibility index (Phi) is 2.83. The Morgan fingerprint density at radius 3 is 2.79 bits per heavy atom. The van der Waals surface area contributed by atoms with E-state index < -0.39 is 10.5 Å². The van der Waals surface area contributed by atoms with Gasteiger partial charge < -0.3 is 10.8 Å². The van der Waals surface area contributed by atoms with Crippen LogP contribution in [0.4, 0.5) is 5.69 Å². The van der Waals surface area contributed by atoms with E-state index in [0.717, 1.165) is 0 Å². The fourth-order valence-electron chi connectivity index (χ4n) is 1.07. The van der Waals surface area contributed by atoms with Gasteiger partial charge in [-0.05, 0) is 12.5 Å². The highest BCUT2D eigenvalue weighted by Crippen LogP contribution is 2.21. The molecule has 1 unspecified atom stereocenters. The van der Waals surface area contributed by atoms with Crippen LogP contribution in [0.3, 0.4) is 0 Å². The van der Waals surface area contributed by atoms with Crippen molar-refractivity contribution < 1.29 is 10.0 Å². The molecule has 1 aromatic carbocycles. The number of nitrogens with two attached hydrogens (primary N) is 1. The number of nitro benzene ring substituents is 1. The standard InChI is InChI=1S/C9H12N2O3/c1-9(10,6-12)7-3-2-4-8(5-7)11(13)14/h2-5,12H,6,10H2,1H3. The third-order valence-electron chi connectivity index (χ3n) is 2.04. The summed E-state index contributed by atoms with van der Waals surface area (Å²) in [5.41, 5.74) is 5.32. The first-order valence-corrected chi connectivity index (χ1v) is 4.12. The largest absolute Gasteiger partial charge is 0.394 e. The van der Waals surface area contributed by atoms with Gasteiger partial charge in [-0.25, -0.2) is 0 Å². The van der Waals surface area contributed by atoms with Gasteiger partial charge in [-0.1, -0.05) is 12.1 Å². The van der Waals surface area contributed by atoms with Crippen LogP contribution < -0.4 is 5.73 Å². The maximum absolute atomic E-state index is 10.5. The Labute approximate surface area is 81.3 Å². The maximum Gasteiger partial charge on any atom is 0.269 e. The van der Waals surface area contributed by atoms with Crippen molar-refractivity contribution in [1.82, 2.24) is 0 Å². The lowest BCUT2D eigenvalue weighted by Gasteiger charge is -2.21. The topological polar surface area (TPSA) is 89.4 Å². The summed E-state index contributed by atoms with van der Waals surface area (Å²) >= 11 is 0. The van der Waals surface area contributed by atoms with Crippen LogP contribution in [0.15, 0.2) is 24.3 Å². The number of aliphatic hydroxyl groups excluding tert-OH is 1. The van der Waals surface area contributed by atoms with E-state index in [1.165, 1.54) is 12.1 Å². The van der Waals surface area contributed by atoms with E-state index in [0.29, 0.717) is 5.56 Å². The van der Waals surface area contributed by atoms with Gasteiger partial charge in [0.25, 0.3) is 5.69 Å². The minimum Gasteiger partial charge on any atom is -0.394 e. The second-order valence-electron chi connectivity index (χ2n) is 3.38. The van der Waals surface area contributed by atoms with E-state index in [-0.39, 0.29) is 12.3 Å². The zero-order valence-electron chi connectivity index (χ0n) is 7.80. The summed E-state index contributed by atoms with van der Waals surface area (Å²) in [6.45, 7) is 1.36. The van der Waals surface area contributed by atoms with E-state index in [1.807, 2.05) is 0 Å². The Bertz CT molecular complexity index is 350. The summed E-state index contributed by atoms with van der Waals surface area (Å²) in [6, 6.07) is 5.96. The van der Waals surface area contributed by atoms with Crippen molar-refractivity contribution in [3.63, 3.8) is 0 Å². The van der Waals surface area contributed by atoms with Crippen molar-refractivity contribution in [2.75, 3.05) is 6.61 Å². The van der Waals surface area contributed by atoms with Crippen molar-refractivity contribution in [2.24, 2.45) is 5.73 Å². The highest BCUT2D eigenvalue weighted by molar-refractivity contribution is 5.37. The molecule has 0 aromatic heterocycles. The van der Waals surface area contributed by atoms with Crippen molar-refractivity contribution in [2.45, 2.75) is 12.5 Å². The molecule has 0 fully saturated rings. The molecule has 0 saturated carbocycles. The third kappa shape index (κ3) is 2.07. The summed E-state index contributed by atoms with van der Waals surface area (Å²) < 4.78 is 0. The number of nitrogens with zero attached hydrogens (tertiary/aromatic N) is 1. The zero-order chi connectivity index (χ0) is 10.8. The van der Waals surface area contributed by atoms with Gasteiger partial charge in [-0.3, -0.25) is 10.1 Å². The zero-order valence-corrected chi connectivity index (χ0v) is 7.80. The van der Waals surface area contributed by atoms with Crippen LogP contribution in [0, 0.1) is 10.1 Å². The molecule has 0 aliphatic heterocycles. The molecule has 0 radical (unpaired) electrons. The molecule has 0 heterocycles. The highest BCUT2D eigenvalue weighted by atomic mass is 16.6. The van der Waals surface area contributed by atoms with E-state index in [1.54, 1.807) is 19.1 Å². The molecule has 3 N–H and O–H groups in total. The molecule has 0 saturated heterocycles. The summed E-state index contributed by atoms with van der Waals surface area (Å²) in [6.07, 6.45) is 0. The van der Waals surface area contributed by atoms with Crippen LogP contribution in [-0.4, -0.2) is 16.6 Å². The molecule has 0 spiro atoms. The van der Waals surface area contributed by atoms with E-state index in [4.69, 9.17) is 10.8 Å². The molecule has 1 aromatic rings. The molecule has 1 atom stereocenters. The third-order valence-corrected chi connectivity index (χ3v) is 2.04. The number of rotatable bonds is 3. The van der Waals surface area contributed by atoms with Crippen LogP contribution in [-0.2, 0) is 5.54 Å². The lowest BCUT2D eigenvalue weighted by molar-refractivity contribution is -0.385. The van der Waals surface area contributed by atoms with Crippen molar-refractivity contribution in [1.29, 1.82) is 0 Å². The number of hydrogen-bond acceptors (Lipinski definition) is 4. The highest BCUT2D eigenvalue weighted by Gasteiger charge is 2.21. The first-order chi connectivity index (χ1) is 6.47. The normalized spacial score (nSPS) is 14.8. The summed E-state index contributed by atoms with van der Waals surface area (Å²) in [5, 5.41) is 19.5. The summed E-state index contributed by atoms with van der Waals surface area (Å²) in [4.78, 5) is 9.98. The monoisotopic (exact) mass is 196 g/mol. The van der Waals surface area contributed by atoms with Gasteiger partial charge in [0.1, 0.15) is 0 Å². The SMILES string of the molecule is CC(N)(CO)c1cccc([N+](=O)[O-])c1. The van der Waals surface area contributed by atoms with E-state index >= 15 is 0 Å². The molecule has 0 aliphatic rings. The predicted octanol–water partition coefficient (Wildman–Crippen LogP) is 0.761. The van der Waals surface area contributed by atoms with Crippen molar-refractivity contribution >= 4 is 5.69 Å². The molecule has 0 bridgehead atoms.